The molecule has 1 aromatic rings. The van der Waals surface area contributed by atoms with Gasteiger partial charge in [-0.3, -0.25) is 0 Å². The molecule has 0 spiro atoms. The van der Waals surface area contributed by atoms with Gasteiger partial charge < -0.3 is 4.90 Å². The molecule has 0 fully saturated rings. The van der Waals surface area contributed by atoms with E-state index in [0.717, 1.165) is 23.8 Å². The fourth-order valence-corrected chi connectivity index (χ4v) is 1.73. The van der Waals surface area contributed by atoms with Crippen LogP contribution in [0.1, 0.15) is 27.7 Å². The van der Waals surface area contributed by atoms with E-state index in [1.54, 1.807) is 0 Å². The maximum Gasteiger partial charge on any atom is 0.0426 e. The molecule has 0 aromatic heterocycles. The van der Waals surface area contributed by atoms with Gasteiger partial charge in [0.05, 0.1) is 0 Å². The molecule has 0 bridgehead atoms. The summed E-state index contributed by atoms with van der Waals surface area (Å²) < 4.78 is 0. The van der Waals surface area contributed by atoms with Crippen LogP contribution in [0.25, 0.3) is 0 Å². The van der Waals surface area contributed by atoms with Crippen molar-refractivity contribution in [2.24, 2.45) is 0 Å². The molecular formula is C16H22ClN. The first kappa shape index (κ1) is 14.8. The van der Waals surface area contributed by atoms with Crippen molar-refractivity contribution >= 4 is 17.3 Å². The minimum Gasteiger partial charge on any atom is -0.364 e. The van der Waals surface area contributed by atoms with Gasteiger partial charge >= 0.3 is 0 Å². The van der Waals surface area contributed by atoms with E-state index >= 15 is 0 Å². The number of allylic oxidation sites excluding steroid dienone is 2. The second kappa shape index (κ2) is 7.27. The normalized spacial score (nSPS) is 9.83. The molecule has 98 valence electrons. The van der Waals surface area contributed by atoms with Crippen molar-refractivity contribution in [1.29, 1.82) is 0 Å². The van der Waals surface area contributed by atoms with E-state index in [2.05, 4.69) is 50.8 Å². The predicted molar refractivity (Wildman–Crippen MR) is 82.5 cm³/mol. The first-order chi connectivity index (χ1) is 8.49. The molecular weight excluding hydrogens is 242 g/mol. The molecule has 0 heterocycles. The summed E-state index contributed by atoms with van der Waals surface area (Å²) in [6, 6.07) is 8.02. The van der Waals surface area contributed by atoms with Crippen molar-refractivity contribution in [2.45, 2.75) is 27.7 Å². The Morgan fingerprint density at radius 3 is 2.06 bits per heavy atom. The number of halogens is 1. The summed E-state index contributed by atoms with van der Waals surface area (Å²) in [7, 11) is 0. The van der Waals surface area contributed by atoms with Crippen molar-refractivity contribution in [3.63, 3.8) is 0 Å². The quantitative estimate of drug-likeness (QED) is 0.670. The van der Waals surface area contributed by atoms with E-state index in [1.165, 1.54) is 11.1 Å². The monoisotopic (exact) mass is 263 g/mol. The van der Waals surface area contributed by atoms with Crippen LogP contribution in [0, 0.1) is 0 Å². The highest BCUT2D eigenvalue weighted by Gasteiger charge is 2.03. The van der Waals surface area contributed by atoms with Crippen LogP contribution in [-0.2, 0) is 0 Å². The smallest absolute Gasteiger partial charge is 0.0426 e. The largest absolute Gasteiger partial charge is 0.364 e. The van der Waals surface area contributed by atoms with Gasteiger partial charge in [-0.05, 0) is 45.9 Å². The first-order valence-electron chi connectivity index (χ1n) is 6.26. The third-order valence-corrected chi connectivity index (χ3v) is 2.85. The zero-order valence-corrected chi connectivity index (χ0v) is 12.5. The number of nitrogens with zero attached hydrogens (tertiary/aromatic N) is 1. The van der Waals surface area contributed by atoms with E-state index < -0.39 is 0 Å². The Morgan fingerprint density at radius 2 is 1.61 bits per heavy atom. The van der Waals surface area contributed by atoms with Crippen LogP contribution in [0.4, 0.5) is 5.69 Å². The highest BCUT2D eigenvalue weighted by Crippen LogP contribution is 2.19. The van der Waals surface area contributed by atoms with Crippen LogP contribution < -0.4 is 4.90 Å². The van der Waals surface area contributed by atoms with Crippen molar-refractivity contribution in [1.82, 2.24) is 0 Å². The fourth-order valence-electron chi connectivity index (χ4n) is 1.54. The van der Waals surface area contributed by atoms with Crippen molar-refractivity contribution < 1.29 is 0 Å². The lowest BCUT2D eigenvalue weighted by Crippen LogP contribution is -2.23. The molecule has 0 saturated carbocycles. The van der Waals surface area contributed by atoms with E-state index in [-0.39, 0.29) is 0 Å². The summed E-state index contributed by atoms with van der Waals surface area (Å²) in [5.74, 6) is 0. The van der Waals surface area contributed by atoms with Gasteiger partial charge in [0.1, 0.15) is 0 Å². The third kappa shape index (κ3) is 5.42. The summed E-state index contributed by atoms with van der Waals surface area (Å²) in [5, 5.41) is 0.784. The lowest BCUT2D eigenvalue weighted by Gasteiger charge is -2.22. The van der Waals surface area contributed by atoms with Crippen LogP contribution in [0.3, 0.4) is 0 Å². The third-order valence-electron chi connectivity index (χ3n) is 2.61. The van der Waals surface area contributed by atoms with E-state index in [1.807, 2.05) is 18.2 Å². The van der Waals surface area contributed by atoms with Crippen LogP contribution in [0.15, 0.2) is 47.6 Å². The number of benzene rings is 1. The Morgan fingerprint density at radius 1 is 1.06 bits per heavy atom. The minimum atomic E-state index is 0.784. The molecule has 0 aliphatic carbocycles. The number of anilines is 1. The molecule has 1 rings (SSSR count). The molecule has 2 heteroatoms. The zero-order valence-electron chi connectivity index (χ0n) is 11.7. The zero-order chi connectivity index (χ0) is 13.5. The summed E-state index contributed by atoms with van der Waals surface area (Å²) in [5.41, 5.74) is 3.83. The number of rotatable bonds is 5. The fraction of sp³-hybridized carbons (Fsp3) is 0.375. The Kier molecular flexibility index (Phi) is 6.00. The molecule has 0 unspecified atom stereocenters. The molecule has 1 nitrogen and oxygen atoms in total. The van der Waals surface area contributed by atoms with Gasteiger partial charge in [-0.15, -0.1) is 0 Å². The molecule has 0 radical (unpaired) electrons. The molecule has 0 saturated heterocycles. The molecule has 0 atom stereocenters. The van der Waals surface area contributed by atoms with Crippen molar-refractivity contribution in [2.75, 3.05) is 18.0 Å². The Bertz CT molecular complexity index is 418. The SMILES string of the molecule is CC(C)=CCN(CC=C(C)C)c1cccc(Cl)c1. The molecule has 0 aliphatic rings. The lowest BCUT2D eigenvalue weighted by atomic mass is 10.2. The van der Waals surface area contributed by atoms with Crippen LogP contribution in [0.5, 0.6) is 0 Å². The standard InChI is InChI=1S/C16H22ClN/c1-13(2)8-10-18(11-9-14(3)4)16-7-5-6-15(17)12-16/h5-9,12H,10-11H2,1-4H3. The maximum atomic E-state index is 6.06. The summed E-state index contributed by atoms with van der Waals surface area (Å²) >= 11 is 6.06. The second-order valence-electron chi connectivity index (χ2n) is 4.95. The maximum absolute atomic E-state index is 6.06. The minimum absolute atomic E-state index is 0.784. The molecule has 0 amide bonds. The lowest BCUT2D eigenvalue weighted by molar-refractivity contribution is 0.941. The summed E-state index contributed by atoms with van der Waals surface area (Å²) in [6.45, 7) is 10.3. The summed E-state index contributed by atoms with van der Waals surface area (Å²) in [6.07, 6.45) is 4.47. The van der Waals surface area contributed by atoms with E-state index in [0.29, 0.717) is 0 Å². The highest BCUT2D eigenvalue weighted by molar-refractivity contribution is 6.30. The summed E-state index contributed by atoms with van der Waals surface area (Å²) in [4.78, 5) is 2.31. The topological polar surface area (TPSA) is 3.24 Å². The number of hydrogen-bond donors (Lipinski definition) is 0. The van der Waals surface area contributed by atoms with Gasteiger partial charge in [0.25, 0.3) is 0 Å². The average molecular weight is 264 g/mol. The van der Waals surface area contributed by atoms with Gasteiger partial charge in [0.2, 0.25) is 0 Å². The Balaban J connectivity index is 2.89. The van der Waals surface area contributed by atoms with Crippen molar-refractivity contribution in [3.8, 4) is 0 Å². The van der Waals surface area contributed by atoms with Gasteiger partial charge in [-0.2, -0.15) is 0 Å². The van der Waals surface area contributed by atoms with Gasteiger partial charge in [0, 0.05) is 23.8 Å². The van der Waals surface area contributed by atoms with Crippen LogP contribution in [-0.4, -0.2) is 13.1 Å². The molecule has 1 aromatic carbocycles. The first-order valence-corrected chi connectivity index (χ1v) is 6.64. The van der Waals surface area contributed by atoms with Gasteiger partial charge in [-0.1, -0.05) is 41.0 Å². The molecule has 0 aliphatic heterocycles. The van der Waals surface area contributed by atoms with E-state index in [9.17, 15) is 0 Å². The number of hydrogen-bond acceptors (Lipinski definition) is 1. The van der Waals surface area contributed by atoms with E-state index in [4.69, 9.17) is 11.6 Å². The Labute approximate surface area is 116 Å². The average Bonchev–Trinajstić information content (AvgIpc) is 2.28. The van der Waals surface area contributed by atoms with Gasteiger partial charge in [-0.25, -0.2) is 0 Å². The molecule has 18 heavy (non-hydrogen) atoms. The van der Waals surface area contributed by atoms with Gasteiger partial charge in [0.15, 0.2) is 0 Å². The Hall–Kier alpha value is -1.21. The molecule has 0 N–H and O–H groups in total. The second-order valence-corrected chi connectivity index (χ2v) is 5.38. The van der Waals surface area contributed by atoms with Crippen LogP contribution >= 0.6 is 11.6 Å². The van der Waals surface area contributed by atoms with Crippen LogP contribution in [0.2, 0.25) is 5.02 Å². The predicted octanol–water partition coefficient (Wildman–Crippen LogP) is 5.08. The van der Waals surface area contributed by atoms with Crippen molar-refractivity contribution in [3.05, 3.63) is 52.6 Å². The highest BCUT2D eigenvalue weighted by atomic mass is 35.5.